The van der Waals surface area contributed by atoms with Crippen molar-refractivity contribution in [3.63, 3.8) is 0 Å². The average molecular weight is 452 g/mol. The lowest BCUT2D eigenvalue weighted by molar-refractivity contribution is -0.146. The number of halogens is 3. The molecule has 0 spiro atoms. The predicted molar refractivity (Wildman–Crippen MR) is 117 cm³/mol. The number of aromatic hydroxyl groups is 1. The topological polar surface area (TPSA) is 71.4 Å². The zero-order chi connectivity index (χ0) is 23.2. The van der Waals surface area contributed by atoms with E-state index in [1.54, 1.807) is 42.6 Å². The standard InChI is InChI=1S/C24H19F3N4O2/c1-14(24(25,26)27)15-2-7-21-16(12-15)9-11-31(21)17-3-5-18(6-4-17)33-23-29-20-13-28-10-8-19(20)22(32)30-23/h2-8,10,12-14H,9,11H2,1H3,(H,29,30,32). The molecule has 9 heteroatoms. The highest BCUT2D eigenvalue weighted by molar-refractivity contribution is 5.82. The molecule has 1 N–H and O–H groups in total. The molecule has 3 heterocycles. The molecular weight excluding hydrogens is 433 g/mol. The maximum absolute atomic E-state index is 13.1. The van der Waals surface area contributed by atoms with Crippen molar-refractivity contribution < 1.29 is 23.0 Å². The smallest absolute Gasteiger partial charge is 0.395 e. The van der Waals surface area contributed by atoms with Crippen molar-refractivity contribution in [1.29, 1.82) is 0 Å². The summed E-state index contributed by atoms with van der Waals surface area (Å²) in [7, 11) is 0. The maximum Gasteiger partial charge on any atom is 0.395 e. The highest BCUT2D eigenvalue weighted by Gasteiger charge is 2.37. The molecule has 1 atom stereocenters. The largest absolute Gasteiger partial charge is 0.493 e. The van der Waals surface area contributed by atoms with Gasteiger partial charge in [-0.05, 0) is 60.9 Å². The molecule has 1 aliphatic heterocycles. The monoisotopic (exact) mass is 452 g/mol. The number of pyridine rings is 1. The first kappa shape index (κ1) is 21.0. The van der Waals surface area contributed by atoms with E-state index in [0.717, 1.165) is 16.9 Å². The fraction of sp³-hybridized carbons (Fsp3) is 0.208. The summed E-state index contributed by atoms with van der Waals surface area (Å²) < 4.78 is 44.9. The van der Waals surface area contributed by atoms with Gasteiger partial charge in [-0.3, -0.25) is 4.98 Å². The van der Waals surface area contributed by atoms with E-state index in [1.165, 1.54) is 13.1 Å². The van der Waals surface area contributed by atoms with Crippen LogP contribution >= 0.6 is 0 Å². The third-order valence-corrected chi connectivity index (χ3v) is 5.81. The fourth-order valence-corrected chi connectivity index (χ4v) is 3.94. The molecule has 0 amide bonds. The lowest BCUT2D eigenvalue weighted by Gasteiger charge is -2.21. The minimum Gasteiger partial charge on any atom is -0.493 e. The molecule has 5 rings (SSSR count). The Hall–Kier alpha value is -3.88. The van der Waals surface area contributed by atoms with Crippen LogP contribution in [0.4, 0.5) is 24.5 Å². The molecule has 1 aliphatic rings. The van der Waals surface area contributed by atoms with Gasteiger partial charge in [0, 0.05) is 24.1 Å². The van der Waals surface area contributed by atoms with Gasteiger partial charge >= 0.3 is 12.2 Å². The first-order valence-corrected chi connectivity index (χ1v) is 10.4. The van der Waals surface area contributed by atoms with Crippen LogP contribution < -0.4 is 9.64 Å². The Balaban J connectivity index is 1.35. The van der Waals surface area contributed by atoms with Gasteiger partial charge in [-0.25, -0.2) is 0 Å². The molecular formula is C24H19F3N4O2. The highest BCUT2D eigenvalue weighted by Crippen LogP contribution is 2.40. The first-order chi connectivity index (χ1) is 15.8. The molecule has 0 aliphatic carbocycles. The summed E-state index contributed by atoms with van der Waals surface area (Å²) in [6, 6.07) is 13.8. The Labute approximate surface area is 187 Å². The van der Waals surface area contributed by atoms with Crippen molar-refractivity contribution >= 4 is 22.3 Å². The van der Waals surface area contributed by atoms with Crippen molar-refractivity contribution in [2.45, 2.75) is 25.4 Å². The van der Waals surface area contributed by atoms with E-state index in [2.05, 4.69) is 19.9 Å². The van der Waals surface area contributed by atoms with Crippen molar-refractivity contribution in [2.24, 2.45) is 0 Å². The number of ether oxygens (including phenoxy) is 1. The zero-order valence-electron chi connectivity index (χ0n) is 17.5. The molecule has 4 aromatic rings. The highest BCUT2D eigenvalue weighted by atomic mass is 19.4. The van der Waals surface area contributed by atoms with Crippen LogP contribution in [0, 0.1) is 0 Å². The molecule has 0 bridgehead atoms. The van der Waals surface area contributed by atoms with Crippen LogP contribution in [0.15, 0.2) is 60.9 Å². The Morgan fingerprint density at radius 1 is 1.06 bits per heavy atom. The van der Waals surface area contributed by atoms with Crippen molar-refractivity contribution in [3.8, 4) is 17.6 Å². The first-order valence-electron chi connectivity index (χ1n) is 10.4. The molecule has 0 radical (unpaired) electrons. The van der Waals surface area contributed by atoms with Crippen molar-refractivity contribution in [1.82, 2.24) is 15.0 Å². The third-order valence-electron chi connectivity index (χ3n) is 5.81. The van der Waals surface area contributed by atoms with Gasteiger partial charge in [-0.1, -0.05) is 12.1 Å². The van der Waals surface area contributed by atoms with E-state index >= 15 is 0 Å². The molecule has 1 unspecified atom stereocenters. The van der Waals surface area contributed by atoms with Crippen LogP contribution in [0.5, 0.6) is 17.6 Å². The number of anilines is 2. The number of benzene rings is 2. The number of fused-ring (bicyclic) bond motifs is 2. The summed E-state index contributed by atoms with van der Waals surface area (Å²) in [6.07, 6.45) is -0.536. The summed E-state index contributed by atoms with van der Waals surface area (Å²) >= 11 is 0. The van der Waals surface area contributed by atoms with Crippen molar-refractivity contribution in [2.75, 3.05) is 11.4 Å². The lowest BCUT2D eigenvalue weighted by atomic mass is 9.97. The predicted octanol–water partition coefficient (Wildman–Crippen LogP) is 5.88. The SMILES string of the molecule is CC(c1ccc2c(c1)CCN2c1ccc(Oc2nc(O)c3ccncc3n2)cc1)C(F)(F)F. The van der Waals surface area contributed by atoms with Gasteiger partial charge in [-0.2, -0.15) is 23.1 Å². The number of hydrogen-bond acceptors (Lipinski definition) is 6. The van der Waals surface area contributed by atoms with Gasteiger partial charge < -0.3 is 14.7 Å². The number of nitrogens with zero attached hydrogens (tertiary/aromatic N) is 4. The van der Waals surface area contributed by atoms with E-state index in [4.69, 9.17) is 4.74 Å². The molecule has 6 nitrogen and oxygen atoms in total. The molecule has 33 heavy (non-hydrogen) atoms. The van der Waals surface area contributed by atoms with E-state index < -0.39 is 12.1 Å². The maximum atomic E-state index is 13.1. The quantitative estimate of drug-likeness (QED) is 0.417. The van der Waals surface area contributed by atoms with Gasteiger partial charge in [0.1, 0.15) is 5.75 Å². The Bertz CT molecular complexity index is 1330. The molecule has 0 saturated carbocycles. The second kappa shape index (κ2) is 7.91. The van der Waals surface area contributed by atoms with Gasteiger partial charge in [0.15, 0.2) is 0 Å². The van der Waals surface area contributed by atoms with Crippen LogP contribution in [-0.2, 0) is 6.42 Å². The van der Waals surface area contributed by atoms with E-state index in [-0.39, 0.29) is 17.5 Å². The zero-order valence-corrected chi connectivity index (χ0v) is 17.5. The van der Waals surface area contributed by atoms with Gasteiger partial charge in [0.25, 0.3) is 0 Å². The van der Waals surface area contributed by atoms with Crippen LogP contribution in [0.3, 0.4) is 0 Å². The molecule has 2 aromatic carbocycles. The number of hydrogen-bond donors (Lipinski definition) is 1. The van der Waals surface area contributed by atoms with Crippen LogP contribution in [0.25, 0.3) is 10.9 Å². The Morgan fingerprint density at radius 3 is 2.61 bits per heavy atom. The minimum absolute atomic E-state index is 0.00131. The van der Waals surface area contributed by atoms with E-state index in [0.29, 0.717) is 29.6 Å². The summed E-state index contributed by atoms with van der Waals surface area (Å²) in [4.78, 5) is 14.3. The Morgan fingerprint density at radius 2 is 1.85 bits per heavy atom. The minimum atomic E-state index is -4.26. The summed E-state index contributed by atoms with van der Waals surface area (Å²) in [5.74, 6) is -1.21. The van der Waals surface area contributed by atoms with E-state index in [9.17, 15) is 18.3 Å². The number of alkyl halides is 3. The molecule has 0 saturated heterocycles. The van der Waals surface area contributed by atoms with Crippen LogP contribution in [0.2, 0.25) is 0 Å². The second-order valence-electron chi connectivity index (χ2n) is 7.87. The summed E-state index contributed by atoms with van der Waals surface area (Å²) in [5.41, 5.74) is 3.43. The van der Waals surface area contributed by atoms with Crippen molar-refractivity contribution in [3.05, 3.63) is 72.1 Å². The molecule has 0 fully saturated rings. The van der Waals surface area contributed by atoms with Gasteiger partial charge in [0.05, 0.1) is 23.0 Å². The lowest BCUT2D eigenvalue weighted by Crippen LogP contribution is -2.17. The molecule has 2 aromatic heterocycles. The van der Waals surface area contributed by atoms with Gasteiger partial charge in [0.2, 0.25) is 5.88 Å². The third kappa shape index (κ3) is 4.02. The summed E-state index contributed by atoms with van der Waals surface area (Å²) in [5, 5.41) is 10.6. The second-order valence-corrected chi connectivity index (χ2v) is 7.87. The number of aromatic nitrogens is 3. The van der Waals surface area contributed by atoms with Crippen LogP contribution in [0.1, 0.15) is 24.0 Å². The summed E-state index contributed by atoms with van der Waals surface area (Å²) in [6.45, 7) is 1.86. The molecule has 168 valence electrons. The number of rotatable bonds is 4. The Kier molecular flexibility index (Phi) is 5.03. The van der Waals surface area contributed by atoms with Gasteiger partial charge in [-0.15, -0.1) is 0 Å². The average Bonchev–Trinajstić information content (AvgIpc) is 3.22. The van der Waals surface area contributed by atoms with E-state index in [1.807, 2.05) is 12.1 Å². The van der Waals surface area contributed by atoms with Crippen LogP contribution in [-0.4, -0.2) is 32.8 Å². The fourth-order valence-electron chi connectivity index (χ4n) is 3.94. The normalized spacial score (nSPS) is 14.4.